The van der Waals surface area contributed by atoms with Crippen LogP contribution >= 0.6 is 0 Å². The van der Waals surface area contributed by atoms with Crippen LogP contribution in [0.3, 0.4) is 0 Å². The van der Waals surface area contributed by atoms with Crippen molar-refractivity contribution in [3.8, 4) is 0 Å². The smallest absolute Gasteiger partial charge is 0.132 e. The number of aromatic nitrogens is 3. The van der Waals surface area contributed by atoms with Crippen LogP contribution in [0, 0.1) is 17.8 Å². The summed E-state index contributed by atoms with van der Waals surface area (Å²) in [5, 5.41) is 11.8. The SMILES string of the molecule is c1nnc2n1CC(CN1CCCC(C3CCNC3)C1)CC2. The number of hydrogen-bond donors (Lipinski definition) is 1. The van der Waals surface area contributed by atoms with E-state index in [0.29, 0.717) is 0 Å². The Bertz CT molecular complexity index is 465. The molecule has 0 aromatic carbocycles. The Hall–Kier alpha value is -0.940. The minimum atomic E-state index is 0.786. The highest BCUT2D eigenvalue weighted by molar-refractivity contribution is 4.92. The summed E-state index contributed by atoms with van der Waals surface area (Å²) in [4.78, 5) is 2.74. The van der Waals surface area contributed by atoms with Crippen molar-refractivity contribution in [2.45, 2.75) is 38.6 Å². The van der Waals surface area contributed by atoms with Crippen molar-refractivity contribution in [1.29, 1.82) is 0 Å². The first kappa shape index (κ1) is 13.7. The molecule has 1 aromatic heterocycles. The lowest BCUT2D eigenvalue weighted by Crippen LogP contribution is -2.42. The summed E-state index contributed by atoms with van der Waals surface area (Å²) in [6.07, 6.45) is 8.53. The Morgan fingerprint density at radius 1 is 1.19 bits per heavy atom. The van der Waals surface area contributed by atoms with Gasteiger partial charge in [-0.15, -0.1) is 10.2 Å². The Morgan fingerprint density at radius 2 is 2.19 bits per heavy atom. The summed E-state index contributed by atoms with van der Waals surface area (Å²) < 4.78 is 2.26. The number of likely N-dealkylation sites (tertiary alicyclic amines) is 1. The molecule has 3 aliphatic rings. The lowest BCUT2D eigenvalue weighted by atomic mass is 9.84. The van der Waals surface area contributed by atoms with Gasteiger partial charge in [0.2, 0.25) is 0 Å². The Balaban J connectivity index is 1.32. The molecule has 5 nitrogen and oxygen atoms in total. The first-order chi connectivity index (χ1) is 10.4. The minimum Gasteiger partial charge on any atom is -0.317 e. The number of aryl methyl sites for hydroxylation is 1. The molecule has 5 heteroatoms. The predicted octanol–water partition coefficient (Wildman–Crippen LogP) is 1.16. The van der Waals surface area contributed by atoms with E-state index in [0.717, 1.165) is 30.7 Å². The molecule has 4 rings (SSSR count). The topological polar surface area (TPSA) is 46.0 Å². The highest BCUT2D eigenvalue weighted by Crippen LogP contribution is 2.29. The fraction of sp³-hybridized carbons (Fsp3) is 0.875. The lowest BCUT2D eigenvalue weighted by molar-refractivity contribution is 0.113. The quantitative estimate of drug-likeness (QED) is 0.907. The Kier molecular flexibility index (Phi) is 3.95. The highest BCUT2D eigenvalue weighted by Gasteiger charge is 2.30. The monoisotopic (exact) mass is 289 g/mol. The second kappa shape index (κ2) is 6.05. The van der Waals surface area contributed by atoms with Gasteiger partial charge in [0.1, 0.15) is 12.2 Å². The third kappa shape index (κ3) is 2.99. The molecule has 3 aliphatic heterocycles. The number of nitrogens with zero attached hydrogens (tertiary/aromatic N) is 4. The van der Waals surface area contributed by atoms with Crippen molar-refractivity contribution in [3.63, 3.8) is 0 Å². The Labute approximate surface area is 127 Å². The Morgan fingerprint density at radius 3 is 3.10 bits per heavy atom. The van der Waals surface area contributed by atoms with E-state index in [2.05, 4.69) is 25.0 Å². The third-order valence-electron chi connectivity index (χ3n) is 5.75. The maximum Gasteiger partial charge on any atom is 0.132 e. The zero-order chi connectivity index (χ0) is 14.1. The van der Waals surface area contributed by atoms with Gasteiger partial charge in [-0.2, -0.15) is 0 Å². The van der Waals surface area contributed by atoms with Gasteiger partial charge in [-0.05, 0) is 63.1 Å². The van der Waals surface area contributed by atoms with E-state index in [1.165, 1.54) is 64.2 Å². The van der Waals surface area contributed by atoms with E-state index in [1.54, 1.807) is 0 Å². The average molecular weight is 289 g/mol. The van der Waals surface area contributed by atoms with Crippen LogP contribution in [0.5, 0.6) is 0 Å². The zero-order valence-electron chi connectivity index (χ0n) is 12.9. The van der Waals surface area contributed by atoms with Crippen LogP contribution in [-0.4, -0.2) is 52.4 Å². The van der Waals surface area contributed by atoms with Crippen molar-refractivity contribution in [2.24, 2.45) is 17.8 Å². The normalized spacial score (nSPS) is 34.0. The van der Waals surface area contributed by atoms with Gasteiger partial charge in [-0.1, -0.05) is 0 Å². The molecular weight excluding hydrogens is 262 g/mol. The molecule has 116 valence electrons. The number of nitrogens with one attached hydrogen (secondary N) is 1. The molecule has 0 saturated carbocycles. The predicted molar refractivity (Wildman–Crippen MR) is 82.0 cm³/mol. The maximum atomic E-state index is 4.19. The summed E-state index contributed by atoms with van der Waals surface area (Å²) in [7, 11) is 0. The van der Waals surface area contributed by atoms with Crippen LogP contribution in [0.25, 0.3) is 0 Å². The molecule has 21 heavy (non-hydrogen) atoms. The molecule has 0 radical (unpaired) electrons. The molecule has 2 saturated heterocycles. The summed E-state index contributed by atoms with van der Waals surface area (Å²) in [6, 6.07) is 0. The summed E-state index contributed by atoms with van der Waals surface area (Å²) in [5.41, 5.74) is 0. The fourth-order valence-electron chi connectivity index (χ4n) is 4.56. The van der Waals surface area contributed by atoms with Crippen LogP contribution in [0.1, 0.15) is 31.5 Å². The molecule has 1 aromatic rings. The summed E-state index contributed by atoms with van der Waals surface area (Å²) in [5.74, 6) is 3.83. The van der Waals surface area contributed by atoms with Crippen molar-refractivity contribution >= 4 is 0 Å². The van der Waals surface area contributed by atoms with E-state index >= 15 is 0 Å². The van der Waals surface area contributed by atoms with E-state index < -0.39 is 0 Å². The van der Waals surface area contributed by atoms with Gasteiger partial charge >= 0.3 is 0 Å². The van der Waals surface area contributed by atoms with Crippen LogP contribution in [0.15, 0.2) is 6.33 Å². The molecule has 1 N–H and O–H groups in total. The molecule has 4 heterocycles. The van der Waals surface area contributed by atoms with Crippen molar-refractivity contribution in [3.05, 3.63) is 12.2 Å². The first-order valence-electron chi connectivity index (χ1n) is 8.68. The van der Waals surface area contributed by atoms with Crippen molar-refractivity contribution in [1.82, 2.24) is 25.0 Å². The van der Waals surface area contributed by atoms with Crippen molar-refractivity contribution < 1.29 is 0 Å². The average Bonchev–Trinajstić information content (AvgIpc) is 3.18. The van der Waals surface area contributed by atoms with Gasteiger partial charge < -0.3 is 14.8 Å². The van der Waals surface area contributed by atoms with E-state index in [-0.39, 0.29) is 0 Å². The maximum absolute atomic E-state index is 4.19. The molecule has 3 unspecified atom stereocenters. The zero-order valence-corrected chi connectivity index (χ0v) is 12.9. The molecule has 0 amide bonds. The van der Waals surface area contributed by atoms with Gasteiger partial charge in [0.15, 0.2) is 0 Å². The van der Waals surface area contributed by atoms with Crippen LogP contribution in [0.2, 0.25) is 0 Å². The molecule has 3 atom stereocenters. The van der Waals surface area contributed by atoms with Crippen molar-refractivity contribution in [2.75, 3.05) is 32.7 Å². The fourth-order valence-corrected chi connectivity index (χ4v) is 4.56. The first-order valence-corrected chi connectivity index (χ1v) is 8.68. The van der Waals surface area contributed by atoms with Crippen LogP contribution in [0.4, 0.5) is 0 Å². The molecule has 0 bridgehead atoms. The van der Waals surface area contributed by atoms with Gasteiger partial charge in [0, 0.05) is 26.1 Å². The molecule has 2 fully saturated rings. The summed E-state index contributed by atoms with van der Waals surface area (Å²) >= 11 is 0. The largest absolute Gasteiger partial charge is 0.317 e. The number of fused-ring (bicyclic) bond motifs is 1. The van der Waals surface area contributed by atoms with E-state index in [1.807, 2.05) is 6.33 Å². The molecule has 0 aliphatic carbocycles. The minimum absolute atomic E-state index is 0.786. The van der Waals surface area contributed by atoms with Gasteiger partial charge in [-0.3, -0.25) is 0 Å². The molecule has 0 spiro atoms. The number of rotatable bonds is 3. The molecular formula is C16H27N5. The second-order valence-corrected chi connectivity index (χ2v) is 7.22. The van der Waals surface area contributed by atoms with E-state index in [4.69, 9.17) is 0 Å². The summed E-state index contributed by atoms with van der Waals surface area (Å²) in [6.45, 7) is 7.52. The van der Waals surface area contributed by atoms with E-state index in [9.17, 15) is 0 Å². The van der Waals surface area contributed by atoms with Gasteiger partial charge in [0.25, 0.3) is 0 Å². The number of piperidine rings is 1. The third-order valence-corrected chi connectivity index (χ3v) is 5.75. The van der Waals surface area contributed by atoms with Gasteiger partial charge in [-0.25, -0.2) is 0 Å². The van der Waals surface area contributed by atoms with Crippen LogP contribution < -0.4 is 5.32 Å². The standard InChI is InChI=1S/C16H27N5/c1-2-15(14-5-6-17-8-14)11-20(7-1)9-13-3-4-16-19-18-12-21(16)10-13/h12-15,17H,1-11H2. The second-order valence-electron chi connectivity index (χ2n) is 7.22. The highest BCUT2D eigenvalue weighted by atomic mass is 15.3. The van der Waals surface area contributed by atoms with Gasteiger partial charge in [0.05, 0.1) is 0 Å². The lowest BCUT2D eigenvalue weighted by Gasteiger charge is -2.38. The number of hydrogen-bond acceptors (Lipinski definition) is 4. The van der Waals surface area contributed by atoms with Crippen LogP contribution in [-0.2, 0) is 13.0 Å².